The molecule has 0 saturated carbocycles. The molecule has 0 spiro atoms. The maximum absolute atomic E-state index is 12.5. The second-order valence-electron chi connectivity index (χ2n) is 5.92. The van der Waals surface area contributed by atoms with Crippen LogP contribution in [0.1, 0.15) is 24.1 Å². The van der Waals surface area contributed by atoms with Gasteiger partial charge >= 0.3 is 0 Å². The Labute approximate surface area is 150 Å². The number of amides is 1. The Kier molecular flexibility index (Phi) is 5.21. The summed E-state index contributed by atoms with van der Waals surface area (Å²) in [6.07, 6.45) is 0.933. The molecule has 1 N–H and O–H groups in total. The lowest BCUT2D eigenvalue weighted by atomic mass is 10.1. The molecule has 4 nitrogen and oxygen atoms in total. The summed E-state index contributed by atoms with van der Waals surface area (Å²) >= 11 is 3.50. The first-order valence-electron chi connectivity index (χ1n) is 8.05. The number of carbonyl (C=O) groups excluding carboxylic acids is 1. The van der Waals surface area contributed by atoms with Crippen LogP contribution in [-0.2, 0) is 11.2 Å². The van der Waals surface area contributed by atoms with Gasteiger partial charge in [0.1, 0.15) is 5.75 Å². The van der Waals surface area contributed by atoms with Gasteiger partial charge in [-0.2, -0.15) is 0 Å². The average Bonchev–Trinajstić information content (AvgIpc) is 3.03. The summed E-state index contributed by atoms with van der Waals surface area (Å²) in [6.45, 7) is 3.14. The second kappa shape index (κ2) is 7.36. The number of benzene rings is 2. The molecule has 1 heterocycles. The fourth-order valence-corrected chi connectivity index (χ4v) is 3.56. The number of para-hydroxylation sites is 1. The van der Waals surface area contributed by atoms with E-state index in [9.17, 15) is 4.79 Å². The smallest absolute Gasteiger partial charge is 0.240 e. The van der Waals surface area contributed by atoms with Crippen LogP contribution in [0.5, 0.6) is 5.75 Å². The molecule has 5 heteroatoms. The van der Waals surface area contributed by atoms with Gasteiger partial charge in [0.15, 0.2) is 0 Å². The topological polar surface area (TPSA) is 41.6 Å². The van der Waals surface area contributed by atoms with Crippen molar-refractivity contribution in [2.24, 2.45) is 0 Å². The molecule has 1 amide bonds. The van der Waals surface area contributed by atoms with E-state index in [4.69, 9.17) is 4.74 Å². The third-order valence-corrected chi connectivity index (χ3v) is 5.04. The Hall–Kier alpha value is -1.85. The third kappa shape index (κ3) is 3.47. The summed E-state index contributed by atoms with van der Waals surface area (Å²) in [4.78, 5) is 14.4. The lowest BCUT2D eigenvalue weighted by Gasteiger charge is -2.20. The maximum atomic E-state index is 12.5. The number of fused-ring (bicyclic) bond motifs is 1. The SMILES string of the molecule is COc1ccc([C@H](C)NCC(=O)N2CCc3ccccc32)cc1Br. The molecule has 1 atom stereocenters. The van der Waals surface area contributed by atoms with Gasteiger partial charge in [0.05, 0.1) is 18.1 Å². The molecular formula is C19H21BrN2O2. The van der Waals surface area contributed by atoms with Crippen LogP contribution in [0.15, 0.2) is 46.9 Å². The lowest BCUT2D eigenvalue weighted by Crippen LogP contribution is -2.38. The van der Waals surface area contributed by atoms with E-state index < -0.39 is 0 Å². The fraction of sp³-hybridized carbons (Fsp3) is 0.316. The van der Waals surface area contributed by atoms with E-state index in [0.717, 1.165) is 34.4 Å². The van der Waals surface area contributed by atoms with Crippen molar-refractivity contribution in [3.63, 3.8) is 0 Å². The van der Waals surface area contributed by atoms with Crippen molar-refractivity contribution in [2.75, 3.05) is 25.1 Å². The molecule has 0 radical (unpaired) electrons. The van der Waals surface area contributed by atoms with Gasteiger partial charge in [-0.3, -0.25) is 4.79 Å². The van der Waals surface area contributed by atoms with Gasteiger partial charge in [-0.05, 0) is 58.6 Å². The minimum atomic E-state index is 0.0778. The molecule has 1 aliphatic heterocycles. The summed E-state index contributed by atoms with van der Waals surface area (Å²) < 4.78 is 6.16. The number of hydrogen-bond donors (Lipinski definition) is 1. The Morgan fingerprint density at radius 3 is 2.88 bits per heavy atom. The van der Waals surface area contributed by atoms with Gasteiger partial charge in [0.2, 0.25) is 5.91 Å². The predicted octanol–water partition coefficient (Wildman–Crippen LogP) is 3.70. The molecule has 24 heavy (non-hydrogen) atoms. The van der Waals surface area contributed by atoms with Crippen molar-refractivity contribution in [1.29, 1.82) is 0 Å². The van der Waals surface area contributed by atoms with Gasteiger partial charge in [0, 0.05) is 18.3 Å². The maximum Gasteiger partial charge on any atom is 0.240 e. The molecule has 2 aromatic rings. The van der Waals surface area contributed by atoms with Crippen molar-refractivity contribution in [3.05, 3.63) is 58.1 Å². The largest absolute Gasteiger partial charge is 0.496 e. The van der Waals surface area contributed by atoms with Crippen LogP contribution in [-0.4, -0.2) is 26.1 Å². The van der Waals surface area contributed by atoms with E-state index >= 15 is 0 Å². The van der Waals surface area contributed by atoms with Crippen molar-refractivity contribution in [3.8, 4) is 5.75 Å². The fourth-order valence-electron chi connectivity index (χ4n) is 3.00. The molecule has 1 aliphatic rings. The van der Waals surface area contributed by atoms with Crippen LogP contribution in [0.25, 0.3) is 0 Å². The first-order chi connectivity index (χ1) is 11.6. The van der Waals surface area contributed by atoms with Gasteiger partial charge in [-0.1, -0.05) is 24.3 Å². The van der Waals surface area contributed by atoms with Crippen LogP contribution in [0.2, 0.25) is 0 Å². The molecule has 3 rings (SSSR count). The number of nitrogens with zero attached hydrogens (tertiary/aromatic N) is 1. The summed E-state index contributed by atoms with van der Waals surface area (Å²) in [5.41, 5.74) is 3.40. The summed E-state index contributed by atoms with van der Waals surface area (Å²) in [5.74, 6) is 0.912. The molecule has 0 fully saturated rings. The number of hydrogen-bond acceptors (Lipinski definition) is 3. The van der Waals surface area contributed by atoms with E-state index in [1.165, 1.54) is 5.56 Å². The molecule has 0 unspecified atom stereocenters. The van der Waals surface area contributed by atoms with Crippen LogP contribution in [0, 0.1) is 0 Å². The normalized spacial score (nSPS) is 14.4. The number of anilines is 1. The van der Waals surface area contributed by atoms with Crippen LogP contribution < -0.4 is 15.0 Å². The first kappa shape index (κ1) is 17.0. The number of rotatable bonds is 5. The summed E-state index contributed by atoms with van der Waals surface area (Å²) in [5, 5.41) is 3.32. The molecular weight excluding hydrogens is 368 g/mol. The van der Waals surface area contributed by atoms with E-state index in [2.05, 4.69) is 34.2 Å². The molecule has 2 aromatic carbocycles. The molecule has 0 aromatic heterocycles. The van der Waals surface area contributed by atoms with Gasteiger partial charge in [0.25, 0.3) is 0 Å². The molecule has 126 valence electrons. The number of methoxy groups -OCH3 is 1. The second-order valence-corrected chi connectivity index (χ2v) is 6.77. The van der Waals surface area contributed by atoms with Gasteiger partial charge < -0.3 is 15.0 Å². The first-order valence-corrected chi connectivity index (χ1v) is 8.84. The highest BCUT2D eigenvalue weighted by molar-refractivity contribution is 9.10. The molecule has 0 aliphatic carbocycles. The molecule has 0 bridgehead atoms. The Balaban J connectivity index is 1.61. The lowest BCUT2D eigenvalue weighted by molar-refractivity contribution is -0.117. The summed E-state index contributed by atoms with van der Waals surface area (Å²) in [7, 11) is 1.65. The zero-order valence-electron chi connectivity index (χ0n) is 13.9. The zero-order valence-corrected chi connectivity index (χ0v) is 15.5. The number of halogens is 1. The number of ether oxygens (including phenoxy) is 1. The van der Waals surface area contributed by atoms with E-state index in [0.29, 0.717) is 6.54 Å². The van der Waals surface area contributed by atoms with Crippen molar-refractivity contribution in [1.82, 2.24) is 5.32 Å². The van der Waals surface area contributed by atoms with Crippen molar-refractivity contribution >= 4 is 27.5 Å². The standard InChI is InChI=1S/C19H21BrN2O2/c1-13(15-7-8-18(24-2)16(20)11-15)21-12-19(23)22-10-9-14-5-3-4-6-17(14)22/h3-8,11,13,21H,9-10,12H2,1-2H3/t13-/m0/s1. The van der Waals surface area contributed by atoms with E-state index in [-0.39, 0.29) is 11.9 Å². The predicted molar refractivity (Wildman–Crippen MR) is 99.6 cm³/mol. The number of carbonyl (C=O) groups is 1. The highest BCUT2D eigenvalue weighted by Gasteiger charge is 2.24. The van der Waals surface area contributed by atoms with E-state index in [1.807, 2.05) is 41.3 Å². The summed E-state index contributed by atoms with van der Waals surface area (Å²) in [6, 6.07) is 14.1. The van der Waals surface area contributed by atoms with Gasteiger partial charge in [-0.15, -0.1) is 0 Å². The minimum absolute atomic E-state index is 0.0778. The monoisotopic (exact) mass is 388 g/mol. The zero-order chi connectivity index (χ0) is 17.1. The number of nitrogens with one attached hydrogen (secondary N) is 1. The van der Waals surface area contributed by atoms with Crippen LogP contribution in [0.3, 0.4) is 0 Å². The van der Waals surface area contributed by atoms with Crippen LogP contribution in [0.4, 0.5) is 5.69 Å². The Bertz CT molecular complexity index is 748. The highest BCUT2D eigenvalue weighted by atomic mass is 79.9. The minimum Gasteiger partial charge on any atom is -0.496 e. The Morgan fingerprint density at radius 1 is 1.33 bits per heavy atom. The average molecular weight is 389 g/mol. The van der Waals surface area contributed by atoms with Crippen LogP contribution >= 0.6 is 15.9 Å². The quantitative estimate of drug-likeness (QED) is 0.848. The third-order valence-electron chi connectivity index (χ3n) is 4.42. The Morgan fingerprint density at radius 2 is 2.12 bits per heavy atom. The van der Waals surface area contributed by atoms with Gasteiger partial charge in [-0.25, -0.2) is 0 Å². The van der Waals surface area contributed by atoms with Crippen molar-refractivity contribution in [2.45, 2.75) is 19.4 Å². The van der Waals surface area contributed by atoms with Crippen molar-refractivity contribution < 1.29 is 9.53 Å². The highest BCUT2D eigenvalue weighted by Crippen LogP contribution is 2.29. The molecule has 0 saturated heterocycles. The van der Waals surface area contributed by atoms with E-state index in [1.54, 1.807) is 7.11 Å².